The first kappa shape index (κ1) is 15.0. The predicted octanol–water partition coefficient (Wildman–Crippen LogP) is 3.79. The molecule has 0 amide bonds. The number of aromatic nitrogens is 1. The van der Waals surface area contributed by atoms with Crippen LogP contribution in [0.4, 0.5) is 18.9 Å². The van der Waals surface area contributed by atoms with Gasteiger partial charge in [-0.05, 0) is 36.1 Å². The molecule has 0 fully saturated rings. The molecular formula is C14H11F3N2O2. The molecule has 0 bridgehead atoms. The van der Waals surface area contributed by atoms with Crippen molar-refractivity contribution in [2.45, 2.75) is 19.0 Å². The van der Waals surface area contributed by atoms with Crippen LogP contribution in [0.1, 0.15) is 16.7 Å². The Hall–Kier alpha value is -2.44. The van der Waals surface area contributed by atoms with Gasteiger partial charge in [0, 0.05) is 24.5 Å². The minimum absolute atomic E-state index is 0.0462. The molecule has 0 aliphatic rings. The maximum Gasteiger partial charge on any atom is 0.416 e. The third kappa shape index (κ3) is 3.77. The standard InChI is InChI=1S/C14H11F3N2O2/c15-14(16,17)13-9-12(19(20)21)4-3-11(13)2-1-10-5-7-18-8-6-10/h3-9H,1-2H2. The SMILES string of the molecule is O=[N+]([O-])c1ccc(CCc2ccncc2)c(C(F)(F)F)c1. The lowest BCUT2D eigenvalue weighted by Gasteiger charge is -2.12. The molecule has 0 aliphatic heterocycles. The Balaban J connectivity index is 2.28. The van der Waals surface area contributed by atoms with Gasteiger partial charge in [0.05, 0.1) is 10.5 Å². The fourth-order valence-electron chi connectivity index (χ4n) is 1.99. The first-order valence-corrected chi connectivity index (χ1v) is 6.11. The molecule has 110 valence electrons. The molecule has 7 heteroatoms. The summed E-state index contributed by atoms with van der Waals surface area (Å²) in [7, 11) is 0. The molecular weight excluding hydrogens is 285 g/mol. The topological polar surface area (TPSA) is 56.0 Å². The van der Waals surface area contributed by atoms with Gasteiger partial charge in [-0.1, -0.05) is 6.07 Å². The number of alkyl halides is 3. The van der Waals surface area contributed by atoms with E-state index in [-0.39, 0.29) is 12.0 Å². The van der Waals surface area contributed by atoms with Crippen LogP contribution < -0.4 is 0 Å². The van der Waals surface area contributed by atoms with Crippen molar-refractivity contribution in [2.24, 2.45) is 0 Å². The second-order valence-corrected chi connectivity index (χ2v) is 4.45. The summed E-state index contributed by atoms with van der Waals surface area (Å²) in [5, 5.41) is 10.6. The Morgan fingerprint density at radius 2 is 1.76 bits per heavy atom. The van der Waals surface area contributed by atoms with E-state index < -0.39 is 22.4 Å². The van der Waals surface area contributed by atoms with Crippen molar-refractivity contribution in [1.29, 1.82) is 0 Å². The van der Waals surface area contributed by atoms with Crippen LogP contribution in [-0.4, -0.2) is 9.91 Å². The third-order valence-electron chi connectivity index (χ3n) is 3.04. The van der Waals surface area contributed by atoms with E-state index in [4.69, 9.17) is 0 Å². The predicted molar refractivity (Wildman–Crippen MR) is 69.7 cm³/mol. The molecule has 2 rings (SSSR count). The summed E-state index contributed by atoms with van der Waals surface area (Å²) in [4.78, 5) is 13.6. The van der Waals surface area contributed by atoms with Gasteiger partial charge in [-0.15, -0.1) is 0 Å². The number of rotatable bonds is 4. The molecule has 0 atom stereocenters. The second-order valence-electron chi connectivity index (χ2n) is 4.45. The van der Waals surface area contributed by atoms with Gasteiger partial charge in [0.1, 0.15) is 0 Å². The van der Waals surface area contributed by atoms with Gasteiger partial charge < -0.3 is 0 Å². The van der Waals surface area contributed by atoms with E-state index in [0.717, 1.165) is 11.6 Å². The summed E-state index contributed by atoms with van der Waals surface area (Å²) in [5.74, 6) is 0. The van der Waals surface area contributed by atoms with E-state index in [1.165, 1.54) is 6.07 Å². The van der Waals surface area contributed by atoms with Crippen molar-refractivity contribution in [3.8, 4) is 0 Å². The summed E-state index contributed by atoms with van der Waals surface area (Å²) in [6.45, 7) is 0. The van der Waals surface area contributed by atoms with Gasteiger partial charge in [-0.3, -0.25) is 15.1 Å². The Bertz CT molecular complexity index is 642. The van der Waals surface area contributed by atoms with Crippen LogP contribution in [0.2, 0.25) is 0 Å². The first-order valence-electron chi connectivity index (χ1n) is 6.11. The maximum absolute atomic E-state index is 13.0. The van der Waals surface area contributed by atoms with Gasteiger partial charge in [0.2, 0.25) is 0 Å². The molecule has 21 heavy (non-hydrogen) atoms. The van der Waals surface area contributed by atoms with Crippen molar-refractivity contribution in [1.82, 2.24) is 4.98 Å². The van der Waals surface area contributed by atoms with Gasteiger partial charge in [0.15, 0.2) is 0 Å². The average Bonchev–Trinajstić information content (AvgIpc) is 2.45. The van der Waals surface area contributed by atoms with Crippen LogP contribution in [0.15, 0.2) is 42.7 Å². The fraction of sp³-hybridized carbons (Fsp3) is 0.214. The fourth-order valence-corrected chi connectivity index (χ4v) is 1.99. The normalized spacial score (nSPS) is 11.4. The van der Waals surface area contributed by atoms with Crippen LogP contribution in [0.25, 0.3) is 0 Å². The van der Waals surface area contributed by atoms with Gasteiger partial charge >= 0.3 is 6.18 Å². The van der Waals surface area contributed by atoms with Crippen LogP contribution >= 0.6 is 0 Å². The van der Waals surface area contributed by atoms with E-state index in [1.807, 2.05) is 0 Å². The minimum atomic E-state index is -4.61. The zero-order valence-corrected chi connectivity index (χ0v) is 10.8. The highest BCUT2D eigenvalue weighted by atomic mass is 19.4. The van der Waals surface area contributed by atoms with Crippen LogP contribution in [0.3, 0.4) is 0 Å². The third-order valence-corrected chi connectivity index (χ3v) is 3.04. The van der Waals surface area contributed by atoms with Crippen molar-refractivity contribution in [3.05, 3.63) is 69.5 Å². The molecule has 0 N–H and O–H groups in total. The van der Waals surface area contributed by atoms with Crippen molar-refractivity contribution < 1.29 is 18.1 Å². The van der Waals surface area contributed by atoms with Gasteiger partial charge in [-0.2, -0.15) is 13.2 Å². The Morgan fingerprint density at radius 1 is 1.10 bits per heavy atom. The average molecular weight is 296 g/mol. The van der Waals surface area contributed by atoms with E-state index >= 15 is 0 Å². The zero-order valence-electron chi connectivity index (χ0n) is 10.8. The molecule has 0 saturated heterocycles. The van der Waals surface area contributed by atoms with Crippen LogP contribution in [0, 0.1) is 10.1 Å². The number of hydrogen-bond acceptors (Lipinski definition) is 3. The number of non-ortho nitro benzene ring substituents is 1. The number of nitro benzene ring substituents is 1. The lowest BCUT2D eigenvalue weighted by molar-refractivity contribution is -0.385. The molecule has 4 nitrogen and oxygen atoms in total. The highest BCUT2D eigenvalue weighted by Gasteiger charge is 2.34. The largest absolute Gasteiger partial charge is 0.416 e. The van der Waals surface area contributed by atoms with Crippen molar-refractivity contribution >= 4 is 5.69 Å². The first-order chi connectivity index (χ1) is 9.88. The lowest BCUT2D eigenvalue weighted by atomic mass is 9.99. The summed E-state index contributed by atoms with van der Waals surface area (Å²) < 4.78 is 39.0. The smallest absolute Gasteiger partial charge is 0.265 e. The lowest BCUT2D eigenvalue weighted by Crippen LogP contribution is -2.10. The number of pyridine rings is 1. The Kier molecular flexibility index (Phi) is 4.21. The summed E-state index contributed by atoms with van der Waals surface area (Å²) in [5.41, 5.74) is -0.609. The van der Waals surface area contributed by atoms with Crippen LogP contribution in [0.5, 0.6) is 0 Å². The number of halogens is 3. The van der Waals surface area contributed by atoms with Crippen LogP contribution in [-0.2, 0) is 19.0 Å². The molecule has 1 heterocycles. The number of nitro groups is 1. The van der Waals surface area contributed by atoms with E-state index in [2.05, 4.69) is 4.98 Å². The summed E-state index contributed by atoms with van der Waals surface area (Å²) in [6, 6.07) is 6.29. The molecule has 1 aromatic heterocycles. The Labute approximate surface area is 118 Å². The number of aryl methyl sites for hydroxylation is 2. The maximum atomic E-state index is 13.0. The molecule has 2 aromatic rings. The molecule has 0 radical (unpaired) electrons. The number of hydrogen-bond donors (Lipinski definition) is 0. The van der Waals surface area contributed by atoms with Crippen molar-refractivity contribution in [3.63, 3.8) is 0 Å². The molecule has 1 aromatic carbocycles. The highest BCUT2D eigenvalue weighted by Crippen LogP contribution is 2.34. The summed E-state index contributed by atoms with van der Waals surface area (Å²) >= 11 is 0. The van der Waals surface area contributed by atoms with Gasteiger partial charge in [0.25, 0.3) is 5.69 Å². The van der Waals surface area contributed by atoms with Gasteiger partial charge in [-0.25, -0.2) is 0 Å². The molecule has 0 saturated carbocycles. The monoisotopic (exact) mass is 296 g/mol. The molecule has 0 aliphatic carbocycles. The number of nitrogens with zero attached hydrogens (tertiary/aromatic N) is 2. The number of benzene rings is 1. The molecule has 0 spiro atoms. The zero-order chi connectivity index (χ0) is 15.5. The van der Waals surface area contributed by atoms with Crippen molar-refractivity contribution in [2.75, 3.05) is 0 Å². The summed E-state index contributed by atoms with van der Waals surface area (Å²) in [6.07, 6.45) is -0.925. The second kappa shape index (κ2) is 5.90. The van der Waals surface area contributed by atoms with E-state index in [1.54, 1.807) is 24.5 Å². The molecule has 0 unspecified atom stereocenters. The van der Waals surface area contributed by atoms with E-state index in [0.29, 0.717) is 12.5 Å². The Morgan fingerprint density at radius 3 is 2.33 bits per heavy atom. The highest BCUT2D eigenvalue weighted by molar-refractivity contribution is 5.41. The minimum Gasteiger partial charge on any atom is -0.265 e. The quantitative estimate of drug-likeness (QED) is 0.637. The van der Waals surface area contributed by atoms with E-state index in [9.17, 15) is 23.3 Å².